The van der Waals surface area contributed by atoms with Crippen molar-refractivity contribution >= 4 is 22.6 Å². The smallest absolute Gasteiger partial charge is 0.220 e. The number of para-hydroxylation sites is 1. The van der Waals surface area contributed by atoms with Crippen LogP contribution >= 0.6 is 0 Å². The summed E-state index contributed by atoms with van der Waals surface area (Å²) in [6, 6.07) is 12.6. The third-order valence-corrected chi connectivity index (χ3v) is 4.70. The van der Waals surface area contributed by atoms with Crippen molar-refractivity contribution in [3.63, 3.8) is 0 Å². The fourth-order valence-corrected chi connectivity index (χ4v) is 3.29. The zero-order valence-corrected chi connectivity index (χ0v) is 13.9. The first kappa shape index (κ1) is 14.8. The molecule has 1 aliphatic rings. The van der Waals surface area contributed by atoms with E-state index < -0.39 is 0 Å². The predicted octanol–water partition coefficient (Wildman–Crippen LogP) is 3.05. The molecule has 3 aromatic rings. The molecule has 0 bridgehead atoms. The number of fused-ring (bicyclic) bond motifs is 2. The molecule has 1 aliphatic heterocycles. The number of benzene rings is 2. The van der Waals surface area contributed by atoms with E-state index in [1.807, 2.05) is 22.8 Å². The number of amides is 1. The molecule has 0 saturated carbocycles. The number of hydrogen-bond donors (Lipinski definition) is 1. The summed E-state index contributed by atoms with van der Waals surface area (Å²) in [7, 11) is 2.01. The molecule has 24 heavy (non-hydrogen) atoms. The number of carbonyl (C=O) groups excluding carboxylic acids is 1. The summed E-state index contributed by atoms with van der Waals surface area (Å²) >= 11 is 0. The molecule has 2 heterocycles. The molecular formula is C19H20N4O. The van der Waals surface area contributed by atoms with Crippen molar-refractivity contribution < 1.29 is 4.79 Å². The number of rotatable bonds is 3. The third-order valence-electron chi connectivity index (χ3n) is 4.70. The third kappa shape index (κ3) is 2.52. The number of aryl methyl sites for hydroxylation is 1. The molecule has 122 valence electrons. The van der Waals surface area contributed by atoms with Gasteiger partial charge in [0.1, 0.15) is 0 Å². The normalized spacial score (nSPS) is 13.3. The Morgan fingerprint density at radius 2 is 2.04 bits per heavy atom. The number of imidazole rings is 1. The van der Waals surface area contributed by atoms with Crippen LogP contribution in [0.15, 0.2) is 42.7 Å². The van der Waals surface area contributed by atoms with Gasteiger partial charge >= 0.3 is 0 Å². The van der Waals surface area contributed by atoms with Gasteiger partial charge in [-0.05, 0) is 34.9 Å². The van der Waals surface area contributed by atoms with Gasteiger partial charge in [0.05, 0.1) is 17.4 Å². The molecule has 0 saturated heterocycles. The maximum atomic E-state index is 11.5. The predicted molar refractivity (Wildman–Crippen MR) is 94.4 cm³/mol. The topological polar surface area (TPSA) is 50.2 Å². The molecule has 5 heteroatoms. The summed E-state index contributed by atoms with van der Waals surface area (Å²) < 4.78 is 2.03. The van der Waals surface area contributed by atoms with E-state index in [2.05, 4.69) is 46.7 Å². The summed E-state index contributed by atoms with van der Waals surface area (Å²) in [6.07, 6.45) is 1.85. The van der Waals surface area contributed by atoms with Crippen LogP contribution in [0.5, 0.6) is 0 Å². The van der Waals surface area contributed by atoms with Crippen molar-refractivity contribution in [2.24, 2.45) is 7.05 Å². The van der Waals surface area contributed by atoms with Gasteiger partial charge in [0.2, 0.25) is 5.91 Å². The molecule has 0 spiro atoms. The van der Waals surface area contributed by atoms with E-state index >= 15 is 0 Å². The van der Waals surface area contributed by atoms with Gasteiger partial charge in [0.25, 0.3) is 0 Å². The van der Waals surface area contributed by atoms with E-state index in [-0.39, 0.29) is 5.91 Å². The van der Waals surface area contributed by atoms with Gasteiger partial charge in [-0.1, -0.05) is 18.2 Å². The maximum Gasteiger partial charge on any atom is 0.220 e. The quantitative estimate of drug-likeness (QED) is 0.807. The Kier molecular flexibility index (Phi) is 3.49. The van der Waals surface area contributed by atoms with Gasteiger partial charge < -0.3 is 14.8 Å². The fourth-order valence-electron chi connectivity index (χ4n) is 3.29. The van der Waals surface area contributed by atoms with E-state index in [0.717, 1.165) is 29.8 Å². The standard InChI is InChI=1S/C19H20N4O/c1-13(24)23-10-15-6-7-17(8-16(15)11-23)20-9-14-4-3-5-18-19(14)21-12-22(18)2/h3-8,12,20H,9-11H2,1-2H3. The van der Waals surface area contributed by atoms with Crippen LogP contribution in [0.25, 0.3) is 11.0 Å². The minimum atomic E-state index is 0.127. The van der Waals surface area contributed by atoms with Crippen LogP contribution in [-0.2, 0) is 31.5 Å². The van der Waals surface area contributed by atoms with Crippen LogP contribution in [0.3, 0.4) is 0 Å². The molecule has 1 N–H and O–H groups in total. The average Bonchev–Trinajstić information content (AvgIpc) is 3.17. The lowest BCUT2D eigenvalue weighted by Gasteiger charge is -2.11. The molecule has 0 aliphatic carbocycles. The zero-order chi connectivity index (χ0) is 16.7. The second-order valence-electron chi connectivity index (χ2n) is 6.35. The summed E-state index contributed by atoms with van der Waals surface area (Å²) in [4.78, 5) is 17.9. The number of aromatic nitrogens is 2. The van der Waals surface area contributed by atoms with Crippen molar-refractivity contribution in [3.05, 3.63) is 59.4 Å². The monoisotopic (exact) mass is 320 g/mol. The Balaban J connectivity index is 1.53. The molecule has 2 aromatic carbocycles. The molecule has 1 amide bonds. The van der Waals surface area contributed by atoms with Gasteiger partial charge in [-0.2, -0.15) is 0 Å². The Morgan fingerprint density at radius 3 is 2.88 bits per heavy atom. The average molecular weight is 320 g/mol. The first-order valence-electron chi connectivity index (χ1n) is 8.12. The zero-order valence-electron chi connectivity index (χ0n) is 13.9. The molecule has 0 unspecified atom stereocenters. The van der Waals surface area contributed by atoms with Crippen LogP contribution in [0, 0.1) is 0 Å². The van der Waals surface area contributed by atoms with Crippen molar-refractivity contribution in [2.75, 3.05) is 5.32 Å². The summed E-state index contributed by atoms with van der Waals surface area (Å²) in [5.74, 6) is 0.127. The first-order chi connectivity index (χ1) is 11.6. The van der Waals surface area contributed by atoms with Crippen LogP contribution < -0.4 is 5.32 Å². The van der Waals surface area contributed by atoms with E-state index in [1.165, 1.54) is 16.7 Å². The van der Waals surface area contributed by atoms with Crippen LogP contribution in [-0.4, -0.2) is 20.4 Å². The minimum Gasteiger partial charge on any atom is -0.381 e. The van der Waals surface area contributed by atoms with E-state index in [4.69, 9.17) is 0 Å². The van der Waals surface area contributed by atoms with Crippen molar-refractivity contribution in [2.45, 2.75) is 26.6 Å². The molecule has 4 rings (SSSR count). The SMILES string of the molecule is CC(=O)N1Cc2ccc(NCc3cccc4c3ncn4C)cc2C1. The Hall–Kier alpha value is -2.82. The first-order valence-corrected chi connectivity index (χ1v) is 8.12. The Morgan fingerprint density at radius 1 is 1.21 bits per heavy atom. The largest absolute Gasteiger partial charge is 0.381 e. The van der Waals surface area contributed by atoms with E-state index in [0.29, 0.717) is 6.54 Å². The summed E-state index contributed by atoms with van der Waals surface area (Å²) in [6.45, 7) is 3.77. The second-order valence-corrected chi connectivity index (χ2v) is 6.35. The highest BCUT2D eigenvalue weighted by Crippen LogP contribution is 2.26. The molecule has 0 atom stereocenters. The van der Waals surface area contributed by atoms with Gasteiger partial charge in [-0.25, -0.2) is 4.98 Å². The van der Waals surface area contributed by atoms with Gasteiger partial charge in [-0.3, -0.25) is 4.79 Å². The number of hydrogen-bond acceptors (Lipinski definition) is 3. The van der Waals surface area contributed by atoms with E-state index in [9.17, 15) is 4.79 Å². The van der Waals surface area contributed by atoms with Gasteiger partial charge in [0.15, 0.2) is 0 Å². The van der Waals surface area contributed by atoms with Crippen molar-refractivity contribution in [1.29, 1.82) is 0 Å². The number of anilines is 1. The highest BCUT2D eigenvalue weighted by Gasteiger charge is 2.20. The summed E-state index contributed by atoms with van der Waals surface area (Å²) in [5.41, 5.74) is 6.90. The molecule has 0 fully saturated rings. The molecular weight excluding hydrogens is 300 g/mol. The number of carbonyl (C=O) groups is 1. The molecule has 5 nitrogen and oxygen atoms in total. The maximum absolute atomic E-state index is 11.5. The molecule has 1 aromatic heterocycles. The van der Waals surface area contributed by atoms with Gasteiger partial charge in [0, 0.05) is 39.3 Å². The highest BCUT2D eigenvalue weighted by molar-refractivity contribution is 5.79. The Labute approximate surface area is 140 Å². The second kappa shape index (κ2) is 5.67. The van der Waals surface area contributed by atoms with Crippen molar-refractivity contribution in [1.82, 2.24) is 14.5 Å². The van der Waals surface area contributed by atoms with Crippen LogP contribution in [0.2, 0.25) is 0 Å². The van der Waals surface area contributed by atoms with Gasteiger partial charge in [-0.15, -0.1) is 0 Å². The summed E-state index contributed by atoms with van der Waals surface area (Å²) in [5, 5.41) is 3.48. The number of nitrogens with zero attached hydrogens (tertiary/aromatic N) is 3. The highest BCUT2D eigenvalue weighted by atomic mass is 16.2. The van der Waals surface area contributed by atoms with Crippen molar-refractivity contribution in [3.8, 4) is 0 Å². The van der Waals surface area contributed by atoms with Crippen LogP contribution in [0.1, 0.15) is 23.6 Å². The number of nitrogens with one attached hydrogen (secondary N) is 1. The lowest BCUT2D eigenvalue weighted by Crippen LogP contribution is -2.21. The lowest BCUT2D eigenvalue weighted by atomic mass is 10.1. The Bertz CT molecular complexity index is 928. The lowest BCUT2D eigenvalue weighted by molar-refractivity contribution is -0.129. The van der Waals surface area contributed by atoms with E-state index in [1.54, 1.807) is 6.92 Å². The minimum absolute atomic E-state index is 0.127. The van der Waals surface area contributed by atoms with Crippen LogP contribution in [0.4, 0.5) is 5.69 Å². The molecule has 0 radical (unpaired) electrons. The fraction of sp³-hybridized carbons (Fsp3) is 0.263.